The average molecular weight is 360 g/mol. The molecule has 1 atom stereocenters. The molecule has 0 unspecified atom stereocenters. The number of aryl methyl sites for hydroxylation is 1. The number of imide groups is 1. The topological polar surface area (TPSA) is 109 Å². The lowest BCUT2D eigenvalue weighted by molar-refractivity contribution is -0.138. The van der Waals surface area contributed by atoms with Gasteiger partial charge in [-0.2, -0.15) is 18.4 Å². The number of aromatic nitrogens is 1. The van der Waals surface area contributed by atoms with E-state index >= 15 is 0 Å². The molecule has 0 aliphatic heterocycles. The molecule has 3 N–H and O–H groups in total. The Kier molecular flexibility index (Phi) is 6.20. The van der Waals surface area contributed by atoms with E-state index in [-0.39, 0.29) is 16.6 Å². The van der Waals surface area contributed by atoms with E-state index in [1.807, 2.05) is 5.32 Å². The second-order valence-corrected chi connectivity index (χ2v) is 6.37. The Balaban J connectivity index is 3.35. The van der Waals surface area contributed by atoms with Gasteiger partial charge in [0, 0.05) is 5.69 Å². The summed E-state index contributed by atoms with van der Waals surface area (Å²) in [5.41, 5.74) is 3.18. The third kappa shape index (κ3) is 4.86. The van der Waals surface area contributed by atoms with Crippen molar-refractivity contribution in [1.82, 2.24) is 10.3 Å². The number of pyridine rings is 1. The number of nitrogens with two attached hydrogens (primary N) is 1. The fourth-order valence-corrected chi connectivity index (χ4v) is 3.02. The summed E-state index contributed by atoms with van der Waals surface area (Å²) in [7, 11) is 0. The lowest BCUT2D eigenvalue weighted by Crippen LogP contribution is -2.42. The highest BCUT2D eigenvalue weighted by Gasteiger charge is 2.36. The molecule has 6 nitrogen and oxygen atoms in total. The number of hydrogen-bond acceptors (Lipinski definition) is 5. The summed E-state index contributed by atoms with van der Waals surface area (Å²) < 4.78 is 39.3. The molecule has 1 heterocycles. The van der Waals surface area contributed by atoms with Crippen molar-refractivity contribution in [3.63, 3.8) is 0 Å². The molecule has 0 bridgehead atoms. The minimum absolute atomic E-state index is 0.0571. The third-order valence-corrected chi connectivity index (χ3v) is 4.41. The van der Waals surface area contributed by atoms with Gasteiger partial charge < -0.3 is 5.73 Å². The number of rotatable bonds is 4. The second kappa shape index (κ2) is 7.53. The van der Waals surface area contributed by atoms with Crippen molar-refractivity contribution in [1.29, 1.82) is 5.26 Å². The minimum Gasteiger partial charge on any atom is -0.351 e. The van der Waals surface area contributed by atoms with Crippen LogP contribution >= 0.6 is 11.8 Å². The van der Waals surface area contributed by atoms with Crippen molar-refractivity contribution >= 4 is 23.7 Å². The van der Waals surface area contributed by atoms with E-state index in [4.69, 9.17) is 11.0 Å². The van der Waals surface area contributed by atoms with Gasteiger partial charge >= 0.3 is 12.2 Å². The number of primary amides is 1. The first-order valence-corrected chi connectivity index (χ1v) is 7.61. The van der Waals surface area contributed by atoms with Crippen molar-refractivity contribution in [2.45, 2.75) is 37.2 Å². The van der Waals surface area contributed by atoms with Crippen LogP contribution in [0.5, 0.6) is 0 Å². The van der Waals surface area contributed by atoms with Crippen molar-refractivity contribution in [2.75, 3.05) is 0 Å². The number of nitrogens with zero attached hydrogens (tertiary/aromatic N) is 2. The smallest absolute Gasteiger partial charge is 0.351 e. The van der Waals surface area contributed by atoms with Gasteiger partial charge in [0.2, 0.25) is 5.91 Å². The Labute approximate surface area is 140 Å². The summed E-state index contributed by atoms with van der Waals surface area (Å²) in [6, 6.07) is 1.20. The number of nitrogens with one attached hydrogen (secondary N) is 1. The van der Waals surface area contributed by atoms with E-state index in [9.17, 15) is 22.8 Å². The SMILES string of the molecule is Cc1cc(C(F)(F)F)c(C#N)c(S[C@H](C(=O)NC(N)=O)C(C)C)n1. The molecule has 130 valence electrons. The van der Waals surface area contributed by atoms with Crippen LogP contribution in [0.25, 0.3) is 0 Å². The lowest BCUT2D eigenvalue weighted by atomic mass is 10.1. The van der Waals surface area contributed by atoms with Crippen LogP contribution in [0, 0.1) is 24.2 Å². The molecule has 0 radical (unpaired) electrons. The van der Waals surface area contributed by atoms with Crippen molar-refractivity contribution < 1.29 is 22.8 Å². The molecule has 0 saturated heterocycles. The molecular formula is C14H15F3N4O2S. The molecule has 0 spiro atoms. The summed E-state index contributed by atoms with van der Waals surface area (Å²) in [6.07, 6.45) is -4.73. The highest BCUT2D eigenvalue weighted by molar-refractivity contribution is 8.00. The largest absolute Gasteiger partial charge is 0.417 e. The normalized spacial score (nSPS) is 12.6. The van der Waals surface area contributed by atoms with Gasteiger partial charge in [-0.25, -0.2) is 9.78 Å². The summed E-state index contributed by atoms with van der Waals surface area (Å²) in [4.78, 5) is 26.8. The van der Waals surface area contributed by atoms with Crippen LogP contribution in [0.3, 0.4) is 0 Å². The van der Waals surface area contributed by atoms with Crippen LogP contribution in [0.1, 0.15) is 30.7 Å². The van der Waals surface area contributed by atoms with Gasteiger partial charge in [-0.3, -0.25) is 10.1 Å². The molecule has 1 aromatic heterocycles. The second-order valence-electron chi connectivity index (χ2n) is 5.24. The van der Waals surface area contributed by atoms with E-state index < -0.39 is 34.5 Å². The number of nitriles is 1. The van der Waals surface area contributed by atoms with Gasteiger partial charge in [0.1, 0.15) is 11.1 Å². The fourth-order valence-electron chi connectivity index (χ4n) is 1.87. The molecule has 0 fully saturated rings. The molecule has 24 heavy (non-hydrogen) atoms. The van der Waals surface area contributed by atoms with E-state index in [0.717, 1.165) is 6.07 Å². The van der Waals surface area contributed by atoms with Crippen molar-refractivity contribution in [2.24, 2.45) is 11.7 Å². The summed E-state index contributed by atoms with van der Waals surface area (Å²) in [6.45, 7) is 4.64. The number of halogens is 3. The zero-order valence-electron chi connectivity index (χ0n) is 13.1. The van der Waals surface area contributed by atoms with E-state index in [0.29, 0.717) is 11.8 Å². The maximum Gasteiger partial charge on any atom is 0.417 e. The number of alkyl halides is 3. The standard InChI is InChI=1S/C14H15F3N4O2S/c1-6(2)10(11(22)21-13(19)23)24-12-8(5-18)9(14(15,16)17)4-7(3)20-12/h4,6,10H,1-3H3,(H3,19,21,22,23)/t10-/m0/s1. The van der Waals surface area contributed by atoms with Crippen LogP contribution in [0.2, 0.25) is 0 Å². The number of carbonyl (C=O) groups excluding carboxylic acids is 2. The lowest BCUT2D eigenvalue weighted by Gasteiger charge is -2.20. The van der Waals surface area contributed by atoms with Crippen LogP contribution in [0.15, 0.2) is 11.1 Å². The van der Waals surface area contributed by atoms with Crippen molar-refractivity contribution in [3.8, 4) is 6.07 Å². The highest BCUT2D eigenvalue weighted by atomic mass is 32.2. The number of urea groups is 1. The quantitative estimate of drug-likeness (QED) is 0.802. The zero-order chi connectivity index (χ0) is 18.7. The van der Waals surface area contributed by atoms with Gasteiger partial charge in [-0.05, 0) is 18.9 Å². The number of amides is 3. The number of thioether (sulfide) groups is 1. The molecule has 0 aliphatic rings. The Morgan fingerprint density at radius 2 is 2.00 bits per heavy atom. The summed E-state index contributed by atoms with van der Waals surface area (Å²) in [5, 5.41) is 9.83. The Morgan fingerprint density at radius 3 is 2.42 bits per heavy atom. The van der Waals surface area contributed by atoms with Crippen LogP contribution in [-0.2, 0) is 11.0 Å². The van der Waals surface area contributed by atoms with Crippen molar-refractivity contribution in [3.05, 3.63) is 22.9 Å². The summed E-state index contributed by atoms with van der Waals surface area (Å²) in [5.74, 6) is -1.11. The molecule has 0 saturated carbocycles. The average Bonchev–Trinajstić information content (AvgIpc) is 2.41. The molecule has 1 rings (SSSR count). The van der Waals surface area contributed by atoms with E-state index in [2.05, 4.69) is 4.98 Å². The Morgan fingerprint density at radius 1 is 1.42 bits per heavy atom. The monoisotopic (exact) mass is 360 g/mol. The van der Waals surface area contributed by atoms with E-state index in [1.165, 1.54) is 13.0 Å². The van der Waals surface area contributed by atoms with Crippen LogP contribution in [0.4, 0.5) is 18.0 Å². The molecule has 0 aliphatic carbocycles. The third-order valence-electron chi connectivity index (χ3n) is 2.88. The van der Waals surface area contributed by atoms with E-state index in [1.54, 1.807) is 13.8 Å². The predicted octanol–water partition coefficient (Wildman–Crippen LogP) is 2.59. The first-order valence-electron chi connectivity index (χ1n) is 6.73. The Bertz CT molecular complexity index is 698. The fraction of sp³-hybridized carbons (Fsp3) is 0.429. The van der Waals surface area contributed by atoms with Gasteiger partial charge in [0.25, 0.3) is 0 Å². The van der Waals surface area contributed by atoms with Crippen LogP contribution in [-0.4, -0.2) is 22.2 Å². The molecule has 3 amide bonds. The predicted molar refractivity (Wildman–Crippen MR) is 80.9 cm³/mol. The minimum atomic E-state index is -4.73. The number of hydrogen-bond donors (Lipinski definition) is 2. The van der Waals surface area contributed by atoms with Gasteiger partial charge in [0.15, 0.2) is 0 Å². The first-order chi connectivity index (χ1) is 11.0. The zero-order valence-corrected chi connectivity index (χ0v) is 13.9. The molecule has 1 aromatic rings. The maximum atomic E-state index is 13.1. The number of carbonyl (C=O) groups is 2. The highest BCUT2D eigenvalue weighted by Crippen LogP contribution is 2.37. The maximum absolute atomic E-state index is 13.1. The van der Waals surface area contributed by atoms with Gasteiger partial charge in [-0.1, -0.05) is 25.6 Å². The molecule has 0 aromatic carbocycles. The summed E-state index contributed by atoms with van der Waals surface area (Å²) >= 11 is 0.689. The Hall–Kier alpha value is -2.28. The molecular weight excluding hydrogens is 345 g/mol. The van der Waals surface area contributed by atoms with Gasteiger partial charge in [0.05, 0.1) is 16.4 Å². The van der Waals surface area contributed by atoms with Crippen LogP contribution < -0.4 is 11.1 Å². The molecule has 10 heteroatoms. The first kappa shape index (κ1) is 19.8. The van der Waals surface area contributed by atoms with Gasteiger partial charge in [-0.15, -0.1) is 0 Å².